The summed E-state index contributed by atoms with van der Waals surface area (Å²) in [5.41, 5.74) is 8.95. The Morgan fingerprint density at radius 1 is 0.841 bits per heavy atom. The Labute approximate surface area is 257 Å². The van der Waals surface area contributed by atoms with E-state index in [0.717, 1.165) is 44.5 Å². The zero-order chi connectivity index (χ0) is 30.7. The average molecular weight is 585 g/mol. The van der Waals surface area contributed by atoms with Gasteiger partial charge in [0.1, 0.15) is 23.1 Å². The number of hydrogen-bond acceptors (Lipinski definition) is 3. The van der Waals surface area contributed by atoms with Gasteiger partial charge in [0.25, 0.3) is 0 Å². The second-order valence-corrected chi connectivity index (χ2v) is 12.5. The van der Waals surface area contributed by atoms with Gasteiger partial charge in [-0.05, 0) is 87.9 Å². The average Bonchev–Trinajstić information content (AvgIpc) is 3.45. The third-order valence-electron chi connectivity index (χ3n) is 9.11. The Hall–Kier alpha value is -4.71. The molecule has 1 unspecified atom stereocenters. The molecular weight excluding hydrogens is 547 g/mol. The molecule has 3 heterocycles. The largest absolute Gasteiger partial charge is 0.457 e. The van der Waals surface area contributed by atoms with Crippen molar-refractivity contribution in [3.8, 4) is 23.0 Å². The summed E-state index contributed by atoms with van der Waals surface area (Å²) in [5, 5.41) is 7.17. The third-order valence-corrected chi connectivity index (χ3v) is 9.11. The predicted molar refractivity (Wildman–Crippen MR) is 176 cm³/mol. The summed E-state index contributed by atoms with van der Waals surface area (Å²) >= 11 is 0. The van der Waals surface area contributed by atoms with E-state index in [2.05, 4.69) is 81.5 Å². The second-order valence-electron chi connectivity index (χ2n) is 12.5. The van der Waals surface area contributed by atoms with Gasteiger partial charge in [-0.15, -0.1) is 0 Å². The van der Waals surface area contributed by atoms with E-state index in [9.17, 15) is 4.39 Å². The van der Waals surface area contributed by atoms with Crippen LogP contribution in [-0.4, -0.2) is 19.3 Å². The van der Waals surface area contributed by atoms with Crippen molar-refractivity contribution in [1.29, 1.82) is 0 Å². The van der Waals surface area contributed by atoms with Gasteiger partial charge in [0.15, 0.2) is 0 Å². The molecule has 0 amide bonds. The number of rotatable bonds is 5. The van der Waals surface area contributed by atoms with Crippen molar-refractivity contribution in [1.82, 2.24) is 19.3 Å². The summed E-state index contributed by atoms with van der Waals surface area (Å²) in [7, 11) is 0. The third kappa shape index (κ3) is 4.79. The maximum Gasteiger partial charge on any atom is 0.140 e. The molecule has 3 atom stereocenters. The van der Waals surface area contributed by atoms with Crippen molar-refractivity contribution in [2.24, 2.45) is 11.8 Å². The first kappa shape index (κ1) is 28.1. The molecule has 44 heavy (non-hydrogen) atoms. The van der Waals surface area contributed by atoms with Crippen LogP contribution in [-0.2, 0) is 0 Å². The number of pyridine rings is 1. The Bertz CT molecular complexity index is 2080. The lowest BCUT2D eigenvalue weighted by molar-refractivity contribution is 0.390. The predicted octanol–water partition coefficient (Wildman–Crippen LogP) is 9.93. The van der Waals surface area contributed by atoms with Gasteiger partial charge < -0.3 is 4.74 Å². The molecule has 3 aromatic carbocycles. The maximum atomic E-state index is 14.3. The standard InChI is InChI=1S/C38H37FN4O/c1-22-15-24(3)37(25(4)16-22)38-26(5)41-43(27(38)6)29-17-23(2)18-31(20-29)44-30-11-12-33-32-9-7-8-10-34(32)42(35(33)21-30)36-19-28(39)13-14-40-36/h7-15,17-22,25,37H,16H2,1-6H3/t22-,25-,37?/m0/s1. The minimum Gasteiger partial charge on any atom is -0.457 e. The van der Waals surface area contributed by atoms with Crippen molar-refractivity contribution in [2.75, 3.05) is 0 Å². The number of aryl methyl sites for hydroxylation is 2. The molecule has 1 aliphatic carbocycles. The lowest BCUT2D eigenvalue weighted by Gasteiger charge is -2.32. The molecule has 3 aromatic heterocycles. The van der Waals surface area contributed by atoms with Crippen molar-refractivity contribution in [3.05, 3.63) is 119 Å². The summed E-state index contributed by atoms with van der Waals surface area (Å²) in [6, 6.07) is 23.2. The second kappa shape index (κ2) is 10.8. The molecule has 5 nitrogen and oxygen atoms in total. The molecule has 6 heteroatoms. The SMILES string of the molecule is CC1=C[C@H](C)C[C@H](C)C1c1c(C)nn(-c2cc(C)cc(Oc3ccc4c5ccccc5n(-c5cc(F)ccn5)c4c3)c2)c1C. The van der Waals surface area contributed by atoms with Crippen LogP contribution in [0.1, 0.15) is 55.6 Å². The van der Waals surface area contributed by atoms with Crippen LogP contribution in [0.4, 0.5) is 4.39 Å². The number of halogens is 1. The molecule has 0 aliphatic heterocycles. The van der Waals surface area contributed by atoms with Crippen molar-refractivity contribution >= 4 is 21.8 Å². The summed E-state index contributed by atoms with van der Waals surface area (Å²) < 4.78 is 24.8. The van der Waals surface area contributed by atoms with Crippen molar-refractivity contribution in [3.63, 3.8) is 0 Å². The number of para-hydroxylation sites is 1. The van der Waals surface area contributed by atoms with Crippen LogP contribution in [0.3, 0.4) is 0 Å². The maximum absolute atomic E-state index is 14.3. The topological polar surface area (TPSA) is 44.9 Å². The van der Waals surface area contributed by atoms with Crippen LogP contribution in [0.25, 0.3) is 33.3 Å². The zero-order valence-electron chi connectivity index (χ0n) is 26.1. The number of allylic oxidation sites excluding steroid dienone is 2. The highest BCUT2D eigenvalue weighted by molar-refractivity contribution is 6.09. The molecule has 0 bridgehead atoms. The van der Waals surface area contributed by atoms with Crippen LogP contribution < -0.4 is 4.74 Å². The highest BCUT2D eigenvalue weighted by atomic mass is 19.1. The fraction of sp³-hybridized carbons (Fsp3) is 0.263. The van der Waals surface area contributed by atoms with E-state index in [1.807, 2.05) is 41.0 Å². The van der Waals surface area contributed by atoms with Crippen LogP contribution in [0, 0.1) is 38.4 Å². The van der Waals surface area contributed by atoms with Gasteiger partial charge in [-0.2, -0.15) is 5.10 Å². The van der Waals surface area contributed by atoms with E-state index in [1.54, 1.807) is 0 Å². The van der Waals surface area contributed by atoms with E-state index in [-0.39, 0.29) is 5.82 Å². The molecule has 222 valence electrons. The van der Waals surface area contributed by atoms with Crippen LogP contribution in [0.2, 0.25) is 0 Å². The van der Waals surface area contributed by atoms with Gasteiger partial charge in [-0.1, -0.05) is 43.7 Å². The highest BCUT2D eigenvalue weighted by Crippen LogP contribution is 2.43. The first-order valence-corrected chi connectivity index (χ1v) is 15.4. The van der Waals surface area contributed by atoms with Gasteiger partial charge in [0.05, 0.1) is 22.4 Å². The van der Waals surface area contributed by atoms with E-state index >= 15 is 0 Å². The summed E-state index contributed by atoms with van der Waals surface area (Å²) in [6.07, 6.45) is 5.12. The summed E-state index contributed by atoms with van der Waals surface area (Å²) in [4.78, 5) is 4.49. The summed E-state index contributed by atoms with van der Waals surface area (Å²) in [5.74, 6) is 3.18. The van der Waals surface area contributed by atoms with E-state index in [0.29, 0.717) is 29.3 Å². The molecular formula is C38H37FN4O. The fourth-order valence-electron chi connectivity index (χ4n) is 7.48. The number of nitrogens with zero attached hydrogens (tertiary/aromatic N) is 4. The molecule has 0 N–H and O–H groups in total. The molecule has 0 saturated heterocycles. The van der Waals surface area contributed by atoms with Gasteiger partial charge in [0.2, 0.25) is 0 Å². The van der Waals surface area contributed by atoms with Crippen molar-refractivity contribution in [2.45, 2.75) is 53.9 Å². The number of aromatic nitrogens is 4. The highest BCUT2D eigenvalue weighted by Gasteiger charge is 2.31. The van der Waals surface area contributed by atoms with E-state index < -0.39 is 0 Å². The number of benzene rings is 3. The first-order chi connectivity index (χ1) is 21.2. The van der Waals surface area contributed by atoms with Gasteiger partial charge in [-0.3, -0.25) is 4.57 Å². The Kier molecular flexibility index (Phi) is 6.88. The van der Waals surface area contributed by atoms with Gasteiger partial charge >= 0.3 is 0 Å². The minimum atomic E-state index is -0.327. The van der Waals surface area contributed by atoms with Crippen LogP contribution >= 0.6 is 0 Å². The lowest BCUT2D eigenvalue weighted by atomic mass is 9.72. The quantitative estimate of drug-likeness (QED) is 0.189. The Morgan fingerprint density at radius 3 is 2.43 bits per heavy atom. The molecule has 7 rings (SSSR count). The first-order valence-electron chi connectivity index (χ1n) is 15.4. The van der Waals surface area contributed by atoms with E-state index in [1.165, 1.54) is 41.6 Å². The summed E-state index contributed by atoms with van der Waals surface area (Å²) in [6.45, 7) is 13.3. The zero-order valence-corrected chi connectivity index (χ0v) is 26.1. The van der Waals surface area contributed by atoms with Crippen LogP contribution in [0.15, 0.2) is 90.6 Å². The minimum absolute atomic E-state index is 0.327. The molecule has 0 saturated carbocycles. The normalized spacial score (nSPS) is 18.6. The number of hydrogen-bond donors (Lipinski definition) is 0. The Morgan fingerprint density at radius 2 is 1.64 bits per heavy atom. The van der Waals surface area contributed by atoms with Gasteiger partial charge in [-0.25, -0.2) is 14.1 Å². The fourth-order valence-corrected chi connectivity index (χ4v) is 7.48. The molecule has 6 aromatic rings. The number of fused-ring (bicyclic) bond motifs is 3. The molecule has 0 spiro atoms. The van der Waals surface area contributed by atoms with E-state index in [4.69, 9.17) is 9.84 Å². The smallest absolute Gasteiger partial charge is 0.140 e. The number of ether oxygens (including phenoxy) is 1. The molecule has 0 radical (unpaired) electrons. The molecule has 0 fully saturated rings. The molecule has 1 aliphatic rings. The lowest BCUT2D eigenvalue weighted by Crippen LogP contribution is -2.20. The monoisotopic (exact) mass is 584 g/mol. The van der Waals surface area contributed by atoms with Crippen molar-refractivity contribution < 1.29 is 9.13 Å². The van der Waals surface area contributed by atoms with Gasteiger partial charge in [0, 0.05) is 52.3 Å². The van der Waals surface area contributed by atoms with Crippen LogP contribution in [0.5, 0.6) is 11.5 Å². The Balaban J connectivity index is 1.28.